The summed E-state index contributed by atoms with van der Waals surface area (Å²) in [5.41, 5.74) is 3.04. The van der Waals surface area contributed by atoms with E-state index in [1.165, 1.54) is 5.56 Å². The van der Waals surface area contributed by atoms with Crippen molar-refractivity contribution in [2.45, 2.75) is 19.8 Å². The third kappa shape index (κ3) is 3.62. The SMILES string of the molecule is COc1ccc2c(c1)N(C(=O)Cc1ccc(OC)c(OC)c1)CC(C)C2. The molecule has 138 valence electrons. The molecule has 0 bridgehead atoms. The molecule has 1 atom stereocenters. The van der Waals surface area contributed by atoms with Crippen LogP contribution in [0.25, 0.3) is 0 Å². The van der Waals surface area contributed by atoms with Crippen LogP contribution >= 0.6 is 0 Å². The lowest BCUT2D eigenvalue weighted by atomic mass is 9.93. The number of anilines is 1. The Balaban J connectivity index is 1.86. The van der Waals surface area contributed by atoms with Gasteiger partial charge >= 0.3 is 0 Å². The van der Waals surface area contributed by atoms with E-state index in [2.05, 4.69) is 13.0 Å². The van der Waals surface area contributed by atoms with Crippen LogP contribution in [0.5, 0.6) is 17.2 Å². The summed E-state index contributed by atoms with van der Waals surface area (Å²) in [6.45, 7) is 2.89. The molecule has 0 aromatic heterocycles. The molecule has 5 heteroatoms. The zero-order valence-corrected chi connectivity index (χ0v) is 15.7. The fraction of sp³-hybridized carbons (Fsp3) is 0.381. The van der Waals surface area contributed by atoms with E-state index in [9.17, 15) is 4.79 Å². The van der Waals surface area contributed by atoms with Gasteiger partial charge < -0.3 is 19.1 Å². The second-order valence-electron chi connectivity index (χ2n) is 6.67. The second kappa shape index (κ2) is 7.68. The lowest BCUT2D eigenvalue weighted by Gasteiger charge is -2.33. The Morgan fingerprint density at radius 2 is 1.81 bits per heavy atom. The molecular formula is C21H25NO4. The monoisotopic (exact) mass is 355 g/mol. The smallest absolute Gasteiger partial charge is 0.231 e. The van der Waals surface area contributed by atoms with Gasteiger partial charge in [-0.15, -0.1) is 0 Å². The molecule has 0 aliphatic carbocycles. The average Bonchev–Trinajstić information content (AvgIpc) is 2.66. The lowest BCUT2D eigenvalue weighted by Crippen LogP contribution is -2.40. The van der Waals surface area contributed by atoms with Gasteiger partial charge in [-0.2, -0.15) is 0 Å². The molecule has 3 rings (SSSR count). The number of fused-ring (bicyclic) bond motifs is 1. The van der Waals surface area contributed by atoms with Gasteiger partial charge in [-0.1, -0.05) is 19.1 Å². The Morgan fingerprint density at radius 3 is 2.50 bits per heavy atom. The summed E-state index contributed by atoms with van der Waals surface area (Å²) in [6.07, 6.45) is 1.28. The Morgan fingerprint density at radius 1 is 1.04 bits per heavy atom. The summed E-state index contributed by atoms with van der Waals surface area (Å²) < 4.78 is 15.9. The van der Waals surface area contributed by atoms with Crippen LogP contribution in [0.1, 0.15) is 18.1 Å². The minimum atomic E-state index is 0.0678. The molecule has 0 saturated heterocycles. The maximum Gasteiger partial charge on any atom is 0.231 e. The summed E-state index contributed by atoms with van der Waals surface area (Å²) >= 11 is 0. The van der Waals surface area contributed by atoms with Gasteiger partial charge in [0.05, 0.1) is 33.4 Å². The van der Waals surface area contributed by atoms with E-state index in [-0.39, 0.29) is 5.91 Å². The highest BCUT2D eigenvalue weighted by Gasteiger charge is 2.27. The molecule has 26 heavy (non-hydrogen) atoms. The van der Waals surface area contributed by atoms with Crippen molar-refractivity contribution in [1.82, 2.24) is 0 Å². The highest BCUT2D eigenvalue weighted by molar-refractivity contribution is 5.96. The number of carbonyl (C=O) groups is 1. The number of rotatable bonds is 5. The van der Waals surface area contributed by atoms with Crippen molar-refractivity contribution in [2.75, 3.05) is 32.8 Å². The van der Waals surface area contributed by atoms with Gasteiger partial charge in [0.1, 0.15) is 5.75 Å². The van der Waals surface area contributed by atoms with E-state index in [1.54, 1.807) is 21.3 Å². The Kier molecular flexibility index (Phi) is 5.35. The van der Waals surface area contributed by atoms with E-state index in [0.717, 1.165) is 23.4 Å². The summed E-state index contributed by atoms with van der Waals surface area (Å²) in [7, 11) is 4.84. The molecule has 0 saturated carbocycles. The predicted octanol–water partition coefficient (Wildman–Crippen LogP) is 3.48. The molecule has 0 fully saturated rings. The molecule has 2 aromatic carbocycles. The highest BCUT2D eigenvalue weighted by Crippen LogP contribution is 2.34. The van der Waals surface area contributed by atoms with E-state index in [4.69, 9.17) is 14.2 Å². The van der Waals surface area contributed by atoms with Crippen molar-refractivity contribution < 1.29 is 19.0 Å². The van der Waals surface area contributed by atoms with Gasteiger partial charge in [-0.3, -0.25) is 4.79 Å². The first-order chi connectivity index (χ1) is 12.5. The van der Waals surface area contributed by atoms with E-state index in [1.807, 2.05) is 35.2 Å². The fourth-order valence-corrected chi connectivity index (χ4v) is 3.44. The van der Waals surface area contributed by atoms with Crippen LogP contribution in [0.15, 0.2) is 36.4 Å². The van der Waals surface area contributed by atoms with Crippen molar-refractivity contribution >= 4 is 11.6 Å². The van der Waals surface area contributed by atoms with Crippen LogP contribution in [0.2, 0.25) is 0 Å². The van der Waals surface area contributed by atoms with Gasteiger partial charge in [-0.25, -0.2) is 0 Å². The minimum absolute atomic E-state index is 0.0678. The largest absolute Gasteiger partial charge is 0.497 e. The number of hydrogen-bond donors (Lipinski definition) is 0. The summed E-state index contributed by atoms with van der Waals surface area (Å²) in [6, 6.07) is 11.6. The molecule has 0 spiro atoms. The second-order valence-corrected chi connectivity index (χ2v) is 6.67. The minimum Gasteiger partial charge on any atom is -0.497 e. The van der Waals surface area contributed by atoms with Crippen molar-refractivity contribution in [3.8, 4) is 17.2 Å². The van der Waals surface area contributed by atoms with Crippen LogP contribution < -0.4 is 19.1 Å². The number of nitrogens with zero attached hydrogens (tertiary/aromatic N) is 1. The number of methoxy groups -OCH3 is 3. The average molecular weight is 355 g/mol. The van der Waals surface area contributed by atoms with Crippen LogP contribution in [-0.4, -0.2) is 33.8 Å². The fourth-order valence-electron chi connectivity index (χ4n) is 3.44. The molecule has 1 unspecified atom stereocenters. The molecule has 1 aliphatic rings. The van der Waals surface area contributed by atoms with Crippen molar-refractivity contribution in [3.63, 3.8) is 0 Å². The van der Waals surface area contributed by atoms with Crippen LogP contribution in [-0.2, 0) is 17.6 Å². The first-order valence-electron chi connectivity index (χ1n) is 8.74. The Hall–Kier alpha value is -2.69. The first kappa shape index (κ1) is 18.1. The van der Waals surface area contributed by atoms with Gasteiger partial charge in [0.15, 0.2) is 11.5 Å². The number of ether oxygens (including phenoxy) is 3. The van der Waals surface area contributed by atoms with Gasteiger partial charge in [0, 0.05) is 12.6 Å². The first-order valence-corrected chi connectivity index (χ1v) is 8.74. The normalized spacial score (nSPS) is 16.0. The summed E-state index contributed by atoms with van der Waals surface area (Å²) in [5, 5.41) is 0. The van der Waals surface area contributed by atoms with Crippen LogP contribution in [0, 0.1) is 5.92 Å². The number of benzene rings is 2. The lowest BCUT2D eigenvalue weighted by molar-refractivity contribution is -0.118. The molecule has 2 aromatic rings. The van der Waals surface area contributed by atoms with Gasteiger partial charge in [-0.05, 0) is 41.7 Å². The van der Waals surface area contributed by atoms with Crippen molar-refractivity contribution in [3.05, 3.63) is 47.5 Å². The van der Waals surface area contributed by atoms with Gasteiger partial charge in [0.25, 0.3) is 0 Å². The number of carbonyl (C=O) groups excluding carboxylic acids is 1. The van der Waals surface area contributed by atoms with Gasteiger partial charge in [0.2, 0.25) is 5.91 Å². The van der Waals surface area contributed by atoms with Crippen molar-refractivity contribution in [1.29, 1.82) is 0 Å². The number of amides is 1. The maximum absolute atomic E-state index is 13.0. The zero-order chi connectivity index (χ0) is 18.7. The summed E-state index contributed by atoms with van der Waals surface area (Å²) in [4.78, 5) is 14.9. The third-order valence-electron chi connectivity index (χ3n) is 4.75. The molecule has 1 aliphatic heterocycles. The molecule has 0 N–H and O–H groups in total. The van der Waals surface area contributed by atoms with Crippen LogP contribution in [0.3, 0.4) is 0 Å². The molecule has 1 heterocycles. The molecule has 1 amide bonds. The zero-order valence-electron chi connectivity index (χ0n) is 15.7. The van der Waals surface area contributed by atoms with E-state index < -0.39 is 0 Å². The Labute approximate surface area is 154 Å². The van der Waals surface area contributed by atoms with E-state index >= 15 is 0 Å². The number of hydrogen-bond acceptors (Lipinski definition) is 4. The molecule has 5 nitrogen and oxygen atoms in total. The maximum atomic E-state index is 13.0. The summed E-state index contributed by atoms with van der Waals surface area (Å²) in [5.74, 6) is 2.54. The topological polar surface area (TPSA) is 48.0 Å². The van der Waals surface area contributed by atoms with Crippen LogP contribution in [0.4, 0.5) is 5.69 Å². The predicted molar refractivity (Wildman–Crippen MR) is 101 cm³/mol. The quantitative estimate of drug-likeness (QED) is 0.824. The third-order valence-corrected chi connectivity index (χ3v) is 4.75. The Bertz CT molecular complexity index is 803. The standard InChI is InChI=1S/C21H25NO4/c1-14-9-16-6-7-17(24-2)12-18(16)22(13-14)21(23)11-15-5-8-19(25-3)20(10-15)26-4/h5-8,10,12,14H,9,11,13H2,1-4H3. The van der Waals surface area contributed by atoms with Crippen molar-refractivity contribution in [2.24, 2.45) is 5.92 Å². The van der Waals surface area contributed by atoms with E-state index in [0.29, 0.717) is 30.4 Å². The highest BCUT2D eigenvalue weighted by atomic mass is 16.5. The molecular weight excluding hydrogens is 330 g/mol. The molecule has 0 radical (unpaired) electrons.